The number of pyridine rings is 1. The van der Waals surface area contributed by atoms with Crippen LogP contribution in [0, 0.1) is 5.82 Å². The molecule has 0 amide bonds. The first-order chi connectivity index (χ1) is 17.0. The minimum atomic E-state index is -0.563. The lowest BCUT2D eigenvalue weighted by Gasteiger charge is -2.18. The molecule has 2 aromatic heterocycles. The highest BCUT2D eigenvalue weighted by Crippen LogP contribution is 2.46. The van der Waals surface area contributed by atoms with Gasteiger partial charge in [-0.05, 0) is 42.7 Å². The molecule has 182 valence electrons. The molecular weight excluding hydrogens is 453 g/mol. The summed E-state index contributed by atoms with van der Waals surface area (Å²) in [6.07, 6.45) is 2.37. The van der Waals surface area contributed by atoms with Gasteiger partial charge in [-0.1, -0.05) is 31.5 Å². The molecule has 35 heavy (non-hydrogen) atoms. The third-order valence-electron chi connectivity index (χ3n) is 5.65. The van der Waals surface area contributed by atoms with Crippen LogP contribution in [-0.4, -0.2) is 34.5 Å². The van der Waals surface area contributed by atoms with Crippen molar-refractivity contribution in [3.8, 4) is 39.8 Å². The van der Waals surface area contributed by atoms with Gasteiger partial charge in [-0.2, -0.15) is 0 Å². The van der Waals surface area contributed by atoms with E-state index < -0.39 is 5.56 Å². The van der Waals surface area contributed by atoms with Crippen LogP contribution in [0.2, 0.25) is 0 Å². The van der Waals surface area contributed by atoms with Gasteiger partial charge in [0.2, 0.25) is 5.89 Å². The normalized spacial score (nSPS) is 11.0. The number of aromatic nitrogens is 3. The first-order valence-electron chi connectivity index (χ1n) is 11.2. The zero-order valence-electron chi connectivity index (χ0n) is 19.7. The smallest absolute Gasteiger partial charge is 0.264 e. The largest absolute Gasteiger partial charge is 0.506 e. The molecule has 4 aromatic rings. The average molecular weight is 480 g/mol. The van der Waals surface area contributed by atoms with Crippen LogP contribution in [0.3, 0.4) is 0 Å². The number of aryl methyl sites for hydroxylation is 1. The Hall–Kier alpha value is -4.14. The van der Waals surface area contributed by atoms with Crippen LogP contribution in [0.4, 0.5) is 4.39 Å². The molecule has 0 saturated heterocycles. The average Bonchev–Trinajstić information content (AvgIpc) is 3.30. The van der Waals surface area contributed by atoms with Crippen molar-refractivity contribution >= 4 is 0 Å². The van der Waals surface area contributed by atoms with E-state index in [0.717, 1.165) is 12.8 Å². The summed E-state index contributed by atoms with van der Waals surface area (Å²) in [6.45, 7) is 2.04. The van der Waals surface area contributed by atoms with Gasteiger partial charge in [-0.3, -0.25) is 4.79 Å². The van der Waals surface area contributed by atoms with Gasteiger partial charge < -0.3 is 24.0 Å². The van der Waals surface area contributed by atoms with Crippen LogP contribution in [0.15, 0.2) is 51.7 Å². The lowest BCUT2D eigenvalue weighted by molar-refractivity contribution is 0.396. The van der Waals surface area contributed by atoms with Crippen molar-refractivity contribution in [2.24, 2.45) is 0 Å². The summed E-state index contributed by atoms with van der Waals surface area (Å²) >= 11 is 0. The Labute approximate surface area is 201 Å². The zero-order valence-corrected chi connectivity index (χ0v) is 19.7. The molecule has 0 aliphatic carbocycles. The number of hydrogen-bond acceptors (Lipinski definition) is 7. The summed E-state index contributed by atoms with van der Waals surface area (Å²) in [5.74, 6) is 0.265. The molecule has 0 atom stereocenters. The van der Waals surface area contributed by atoms with Gasteiger partial charge in [0.15, 0.2) is 0 Å². The maximum absolute atomic E-state index is 13.5. The maximum atomic E-state index is 13.5. The molecule has 0 bridgehead atoms. The Balaban J connectivity index is 1.87. The summed E-state index contributed by atoms with van der Waals surface area (Å²) in [7, 11) is 3.04. The number of benzene rings is 2. The SMILES string of the molecule is CCCCc1[nH]c(=O)c(-c2nnc(Cc3cccc(F)c3)o2)c(O)c1-c1c(OC)cccc1OC. The monoisotopic (exact) mass is 479 g/mol. The summed E-state index contributed by atoms with van der Waals surface area (Å²) in [5.41, 5.74) is 1.32. The standard InChI is InChI=1S/C26H26FN3O5/c1-4-5-10-17-21(22-18(33-2)11-7-12-19(22)34-3)24(31)23(25(32)28-17)26-30-29-20(35-26)14-15-8-6-9-16(27)13-15/h6-9,11-13H,4-5,10,14H2,1-3H3,(H2,28,31,32). The van der Waals surface area contributed by atoms with Gasteiger partial charge in [0.05, 0.1) is 31.8 Å². The fraction of sp³-hybridized carbons (Fsp3) is 0.269. The second-order valence-corrected chi connectivity index (χ2v) is 7.98. The number of methoxy groups -OCH3 is 2. The third-order valence-corrected chi connectivity index (χ3v) is 5.65. The van der Waals surface area contributed by atoms with E-state index >= 15 is 0 Å². The second-order valence-electron chi connectivity index (χ2n) is 7.98. The minimum absolute atomic E-state index is 0.146. The van der Waals surface area contributed by atoms with Gasteiger partial charge >= 0.3 is 0 Å². The molecule has 0 aliphatic rings. The number of rotatable bonds is 9. The highest BCUT2D eigenvalue weighted by Gasteiger charge is 2.27. The molecular formula is C26H26FN3O5. The van der Waals surface area contributed by atoms with E-state index in [1.165, 1.54) is 26.4 Å². The number of halogens is 1. The van der Waals surface area contributed by atoms with Crippen molar-refractivity contribution < 1.29 is 23.4 Å². The van der Waals surface area contributed by atoms with E-state index in [-0.39, 0.29) is 35.3 Å². The van der Waals surface area contributed by atoms with Crippen LogP contribution >= 0.6 is 0 Å². The van der Waals surface area contributed by atoms with E-state index in [0.29, 0.717) is 40.3 Å². The van der Waals surface area contributed by atoms with Crippen molar-refractivity contribution in [2.75, 3.05) is 14.2 Å². The van der Waals surface area contributed by atoms with E-state index in [1.807, 2.05) is 6.92 Å². The molecule has 2 heterocycles. The van der Waals surface area contributed by atoms with E-state index in [9.17, 15) is 14.3 Å². The predicted octanol–water partition coefficient (Wildman–Crippen LogP) is 4.89. The van der Waals surface area contributed by atoms with E-state index in [1.54, 1.807) is 30.3 Å². The van der Waals surface area contributed by atoms with E-state index in [4.69, 9.17) is 13.9 Å². The molecule has 2 aromatic carbocycles. The summed E-state index contributed by atoms with van der Waals surface area (Å²) in [4.78, 5) is 16.0. The summed E-state index contributed by atoms with van der Waals surface area (Å²) < 4.78 is 30.3. The number of hydrogen-bond donors (Lipinski definition) is 2. The van der Waals surface area contributed by atoms with Crippen molar-refractivity contribution in [1.29, 1.82) is 0 Å². The number of aromatic hydroxyl groups is 1. The summed E-state index contributed by atoms with van der Waals surface area (Å²) in [5, 5.41) is 19.4. The van der Waals surface area contributed by atoms with Gasteiger partial charge in [0.25, 0.3) is 11.4 Å². The number of H-pyrrole nitrogens is 1. The van der Waals surface area contributed by atoms with Crippen molar-refractivity contribution in [2.45, 2.75) is 32.6 Å². The number of aromatic amines is 1. The summed E-state index contributed by atoms with van der Waals surface area (Å²) in [6, 6.07) is 11.3. The maximum Gasteiger partial charge on any atom is 0.264 e. The third kappa shape index (κ3) is 4.89. The highest BCUT2D eigenvalue weighted by molar-refractivity contribution is 5.86. The molecule has 0 fully saturated rings. The lowest BCUT2D eigenvalue weighted by Crippen LogP contribution is -2.14. The highest BCUT2D eigenvalue weighted by atomic mass is 19.1. The Morgan fingerprint density at radius 2 is 1.74 bits per heavy atom. The van der Waals surface area contributed by atoms with Gasteiger partial charge in [-0.25, -0.2) is 4.39 Å². The zero-order chi connectivity index (χ0) is 24.9. The first kappa shape index (κ1) is 24.0. The van der Waals surface area contributed by atoms with Crippen molar-refractivity contribution in [3.05, 3.63) is 75.8 Å². The fourth-order valence-corrected chi connectivity index (χ4v) is 3.99. The van der Waals surface area contributed by atoms with Crippen LogP contribution in [0.5, 0.6) is 17.2 Å². The van der Waals surface area contributed by atoms with Crippen LogP contribution in [0.1, 0.15) is 36.9 Å². The Morgan fingerprint density at radius 3 is 2.40 bits per heavy atom. The molecule has 0 saturated carbocycles. The molecule has 9 heteroatoms. The van der Waals surface area contributed by atoms with Gasteiger partial charge in [-0.15, -0.1) is 10.2 Å². The van der Waals surface area contributed by atoms with Gasteiger partial charge in [0.1, 0.15) is 28.6 Å². The van der Waals surface area contributed by atoms with Crippen molar-refractivity contribution in [1.82, 2.24) is 15.2 Å². The molecule has 0 radical (unpaired) electrons. The van der Waals surface area contributed by atoms with Crippen LogP contribution in [0.25, 0.3) is 22.6 Å². The second kappa shape index (κ2) is 10.4. The first-order valence-corrected chi connectivity index (χ1v) is 11.2. The Kier molecular flexibility index (Phi) is 7.14. The number of ether oxygens (including phenoxy) is 2. The molecule has 0 unspecified atom stereocenters. The molecule has 0 spiro atoms. The predicted molar refractivity (Wildman–Crippen MR) is 128 cm³/mol. The lowest BCUT2D eigenvalue weighted by atomic mass is 9.96. The number of nitrogens with one attached hydrogen (secondary N) is 1. The molecule has 2 N–H and O–H groups in total. The Morgan fingerprint density at radius 1 is 1.03 bits per heavy atom. The molecule has 4 rings (SSSR count). The molecule has 8 nitrogen and oxygen atoms in total. The van der Waals surface area contributed by atoms with E-state index in [2.05, 4.69) is 15.2 Å². The van der Waals surface area contributed by atoms with Crippen LogP contribution in [-0.2, 0) is 12.8 Å². The number of unbranched alkanes of at least 4 members (excludes halogenated alkanes) is 1. The Bertz CT molecular complexity index is 1370. The quantitative estimate of drug-likeness (QED) is 0.352. The van der Waals surface area contributed by atoms with Crippen LogP contribution < -0.4 is 15.0 Å². The minimum Gasteiger partial charge on any atom is -0.506 e. The fourth-order valence-electron chi connectivity index (χ4n) is 3.99. The number of nitrogens with zero attached hydrogens (tertiary/aromatic N) is 2. The topological polar surface area (TPSA) is 110 Å². The van der Waals surface area contributed by atoms with Gasteiger partial charge in [0, 0.05) is 5.69 Å². The van der Waals surface area contributed by atoms with Crippen molar-refractivity contribution in [3.63, 3.8) is 0 Å². The molecule has 0 aliphatic heterocycles.